The summed E-state index contributed by atoms with van der Waals surface area (Å²) >= 11 is 1.51. The van der Waals surface area contributed by atoms with Gasteiger partial charge in [-0.2, -0.15) is 0 Å². The summed E-state index contributed by atoms with van der Waals surface area (Å²) in [6, 6.07) is 9.90. The second kappa shape index (κ2) is 5.54. The van der Waals surface area contributed by atoms with E-state index in [-0.39, 0.29) is 5.91 Å². The molecule has 0 atom stereocenters. The predicted molar refractivity (Wildman–Crippen MR) is 93.0 cm³/mol. The number of hydrogen-bond acceptors (Lipinski definition) is 3. The minimum Gasteiger partial charge on any atom is -0.298 e. The van der Waals surface area contributed by atoms with Crippen LogP contribution in [0.25, 0.3) is 10.2 Å². The van der Waals surface area contributed by atoms with E-state index in [0.29, 0.717) is 10.7 Å². The van der Waals surface area contributed by atoms with E-state index in [4.69, 9.17) is 0 Å². The molecule has 0 bridgehead atoms. The van der Waals surface area contributed by atoms with Gasteiger partial charge in [0.2, 0.25) is 0 Å². The minimum atomic E-state index is -0.115. The zero-order valence-corrected chi connectivity index (χ0v) is 14.0. The number of carbonyl (C=O) groups is 1. The van der Waals surface area contributed by atoms with Crippen LogP contribution in [0.2, 0.25) is 0 Å². The summed E-state index contributed by atoms with van der Waals surface area (Å²) in [6.45, 7) is 8.20. The van der Waals surface area contributed by atoms with Gasteiger partial charge in [-0.25, -0.2) is 4.98 Å². The fourth-order valence-electron chi connectivity index (χ4n) is 2.29. The molecular formula is C18H18N2OS. The van der Waals surface area contributed by atoms with Gasteiger partial charge < -0.3 is 0 Å². The van der Waals surface area contributed by atoms with Crippen LogP contribution in [0.1, 0.15) is 32.6 Å². The first kappa shape index (κ1) is 14.7. The number of aryl methyl sites for hydroxylation is 4. The van der Waals surface area contributed by atoms with E-state index in [9.17, 15) is 4.79 Å². The maximum Gasteiger partial charge on any atom is 0.257 e. The monoisotopic (exact) mass is 310 g/mol. The summed E-state index contributed by atoms with van der Waals surface area (Å²) in [7, 11) is 0. The van der Waals surface area contributed by atoms with Gasteiger partial charge in [0.15, 0.2) is 5.13 Å². The van der Waals surface area contributed by atoms with Crippen molar-refractivity contribution in [3.8, 4) is 0 Å². The number of nitrogens with one attached hydrogen (secondary N) is 1. The third kappa shape index (κ3) is 2.74. The molecule has 1 N–H and O–H groups in total. The number of hydrogen-bond donors (Lipinski definition) is 1. The van der Waals surface area contributed by atoms with Gasteiger partial charge in [-0.3, -0.25) is 10.1 Å². The number of nitrogens with zero attached hydrogens (tertiary/aromatic N) is 1. The molecule has 1 amide bonds. The topological polar surface area (TPSA) is 42.0 Å². The molecule has 1 aromatic heterocycles. The highest BCUT2D eigenvalue weighted by molar-refractivity contribution is 7.22. The molecule has 3 aromatic rings. The van der Waals surface area contributed by atoms with Crippen molar-refractivity contribution >= 4 is 32.6 Å². The Morgan fingerprint density at radius 3 is 2.36 bits per heavy atom. The molecular weight excluding hydrogens is 292 g/mol. The molecule has 0 aliphatic carbocycles. The Labute approximate surface area is 134 Å². The lowest BCUT2D eigenvalue weighted by Gasteiger charge is -2.04. The van der Waals surface area contributed by atoms with E-state index in [0.717, 1.165) is 15.8 Å². The van der Waals surface area contributed by atoms with Crippen LogP contribution in [0.4, 0.5) is 5.13 Å². The molecule has 0 unspecified atom stereocenters. The average Bonchev–Trinajstić information content (AvgIpc) is 2.83. The smallest absolute Gasteiger partial charge is 0.257 e. The summed E-state index contributed by atoms with van der Waals surface area (Å²) in [5, 5.41) is 3.54. The van der Waals surface area contributed by atoms with E-state index >= 15 is 0 Å². The van der Waals surface area contributed by atoms with E-state index in [1.54, 1.807) is 0 Å². The van der Waals surface area contributed by atoms with Crippen LogP contribution in [0.3, 0.4) is 0 Å². The first-order chi connectivity index (χ1) is 10.4. The van der Waals surface area contributed by atoms with Crippen LogP contribution >= 0.6 is 11.3 Å². The molecule has 0 aliphatic rings. The maximum absolute atomic E-state index is 12.3. The summed E-state index contributed by atoms with van der Waals surface area (Å²) in [6.07, 6.45) is 0. The standard InChI is InChI=1S/C18H18N2OS/c1-10-5-6-14(7-11(10)2)17(21)20-18-19-15-8-12(3)13(4)9-16(15)22-18/h5-9H,1-4H3,(H,19,20,21). The largest absolute Gasteiger partial charge is 0.298 e. The molecule has 22 heavy (non-hydrogen) atoms. The highest BCUT2D eigenvalue weighted by Gasteiger charge is 2.11. The van der Waals surface area contributed by atoms with Gasteiger partial charge in [0.05, 0.1) is 10.2 Å². The van der Waals surface area contributed by atoms with Crippen molar-refractivity contribution in [2.75, 3.05) is 5.32 Å². The highest BCUT2D eigenvalue weighted by Crippen LogP contribution is 2.28. The van der Waals surface area contributed by atoms with Crippen molar-refractivity contribution in [3.05, 3.63) is 58.1 Å². The SMILES string of the molecule is Cc1ccc(C(=O)Nc2nc3cc(C)c(C)cc3s2)cc1C. The van der Waals surface area contributed by atoms with E-state index in [1.807, 2.05) is 32.0 Å². The summed E-state index contributed by atoms with van der Waals surface area (Å²) < 4.78 is 1.10. The second-order valence-corrected chi connectivity index (χ2v) is 6.71. The minimum absolute atomic E-state index is 0.115. The molecule has 1 heterocycles. The Morgan fingerprint density at radius 2 is 1.64 bits per heavy atom. The summed E-state index contributed by atoms with van der Waals surface area (Å²) in [4.78, 5) is 16.9. The van der Waals surface area contributed by atoms with Crippen molar-refractivity contribution in [2.45, 2.75) is 27.7 Å². The number of rotatable bonds is 2. The van der Waals surface area contributed by atoms with Crippen LogP contribution in [0.5, 0.6) is 0 Å². The lowest BCUT2D eigenvalue weighted by atomic mass is 10.1. The van der Waals surface area contributed by atoms with E-state index in [1.165, 1.54) is 28.0 Å². The van der Waals surface area contributed by atoms with Crippen LogP contribution in [0, 0.1) is 27.7 Å². The maximum atomic E-state index is 12.3. The molecule has 3 nitrogen and oxygen atoms in total. The van der Waals surface area contributed by atoms with Crippen LogP contribution in [0.15, 0.2) is 30.3 Å². The Bertz CT molecular complexity index is 841. The Morgan fingerprint density at radius 1 is 0.955 bits per heavy atom. The summed E-state index contributed by atoms with van der Waals surface area (Å²) in [5.41, 5.74) is 6.34. The Balaban J connectivity index is 1.89. The van der Waals surface area contributed by atoms with Gasteiger partial charge in [-0.05, 0) is 74.2 Å². The highest BCUT2D eigenvalue weighted by atomic mass is 32.1. The molecule has 0 saturated heterocycles. The van der Waals surface area contributed by atoms with Gasteiger partial charge in [0.1, 0.15) is 0 Å². The van der Waals surface area contributed by atoms with Crippen molar-refractivity contribution < 1.29 is 4.79 Å². The third-order valence-electron chi connectivity index (χ3n) is 3.99. The van der Waals surface area contributed by atoms with Gasteiger partial charge in [-0.1, -0.05) is 17.4 Å². The lowest BCUT2D eigenvalue weighted by Crippen LogP contribution is -2.11. The number of anilines is 1. The molecule has 112 valence electrons. The van der Waals surface area contributed by atoms with Gasteiger partial charge in [0.25, 0.3) is 5.91 Å². The summed E-state index contributed by atoms with van der Waals surface area (Å²) in [5.74, 6) is -0.115. The van der Waals surface area contributed by atoms with Crippen LogP contribution < -0.4 is 5.32 Å². The van der Waals surface area contributed by atoms with Crippen molar-refractivity contribution in [1.29, 1.82) is 0 Å². The molecule has 0 spiro atoms. The second-order valence-electron chi connectivity index (χ2n) is 5.68. The molecule has 2 aromatic carbocycles. The van der Waals surface area contributed by atoms with E-state index < -0.39 is 0 Å². The molecule has 4 heteroatoms. The number of thiazole rings is 1. The van der Waals surface area contributed by atoms with Gasteiger partial charge in [-0.15, -0.1) is 0 Å². The van der Waals surface area contributed by atoms with Crippen molar-refractivity contribution in [1.82, 2.24) is 4.98 Å². The number of fused-ring (bicyclic) bond motifs is 1. The number of amides is 1. The Hall–Kier alpha value is -2.20. The zero-order valence-electron chi connectivity index (χ0n) is 13.2. The number of carbonyl (C=O) groups excluding carboxylic acids is 1. The lowest BCUT2D eigenvalue weighted by molar-refractivity contribution is 0.102. The first-order valence-electron chi connectivity index (χ1n) is 7.20. The zero-order chi connectivity index (χ0) is 15.9. The normalized spacial score (nSPS) is 10.9. The fourth-order valence-corrected chi connectivity index (χ4v) is 3.23. The fraction of sp³-hybridized carbons (Fsp3) is 0.222. The van der Waals surface area contributed by atoms with Crippen LogP contribution in [-0.2, 0) is 0 Å². The number of aromatic nitrogens is 1. The van der Waals surface area contributed by atoms with Gasteiger partial charge >= 0.3 is 0 Å². The number of benzene rings is 2. The molecule has 0 fully saturated rings. The predicted octanol–water partition coefficient (Wildman–Crippen LogP) is 4.78. The molecule has 0 aliphatic heterocycles. The van der Waals surface area contributed by atoms with Crippen molar-refractivity contribution in [3.63, 3.8) is 0 Å². The molecule has 0 saturated carbocycles. The first-order valence-corrected chi connectivity index (χ1v) is 8.02. The van der Waals surface area contributed by atoms with Gasteiger partial charge in [0, 0.05) is 5.56 Å². The average molecular weight is 310 g/mol. The quantitative estimate of drug-likeness (QED) is 0.740. The molecule has 3 rings (SSSR count). The Kier molecular flexibility index (Phi) is 3.71. The van der Waals surface area contributed by atoms with E-state index in [2.05, 4.69) is 36.3 Å². The molecule has 0 radical (unpaired) electrons. The van der Waals surface area contributed by atoms with Crippen LogP contribution in [-0.4, -0.2) is 10.9 Å². The van der Waals surface area contributed by atoms with Crippen molar-refractivity contribution in [2.24, 2.45) is 0 Å². The third-order valence-corrected chi connectivity index (χ3v) is 4.93.